The van der Waals surface area contributed by atoms with Gasteiger partial charge in [-0.25, -0.2) is 39.9 Å². The summed E-state index contributed by atoms with van der Waals surface area (Å²) in [4.78, 5) is 39.6. The molecule has 14 heteroatoms. The van der Waals surface area contributed by atoms with Gasteiger partial charge in [0.05, 0.1) is 47.7 Å². The van der Waals surface area contributed by atoms with E-state index in [0.29, 0.717) is 34.9 Å². The van der Waals surface area contributed by atoms with Gasteiger partial charge in [-0.3, -0.25) is 0 Å². The fourth-order valence-electron chi connectivity index (χ4n) is 13.1. The summed E-state index contributed by atoms with van der Waals surface area (Å²) in [5.74, 6) is 3.77. The predicted octanol–water partition coefficient (Wildman–Crippen LogP) is 23.2. The molecule has 0 saturated carbocycles. The molecule has 0 N–H and O–H groups in total. The molecule has 0 bridgehead atoms. The molecule has 7 heterocycles. The van der Waals surface area contributed by atoms with Gasteiger partial charge < -0.3 is 9.31 Å². The molecule has 0 amide bonds. The molecule has 1 aliphatic rings. The van der Waals surface area contributed by atoms with Gasteiger partial charge in [0.1, 0.15) is 0 Å². The topological polar surface area (TPSA) is 122 Å². The van der Waals surface area contributed by atoms with E-state index in [-0.39, 0.29) is 0 Å². The van der Waals surface area contributed by atoms with Crippen LogP contribution >= 0.6 is 34.3 Å². The maximum absolute atomic E-state index is 6.52. The summed E-state index contributed by atoms with van der Waals surface area (Å²) in [5.41, 5.74) is 16.6. The molecular formula is C90H64BClN8O2S2. The first-order valence-electron chi connectivity index (χ1n) is 34.5. The van der Waals surface area contributed by atoms with E-state index in [4.69, 9.17) is 60.8 Å². The van der Waals surface area contributed by atoms with E-state index in [0.717, 1.165) is 98.1 Å². The van der Waals surface area contributed by atoms with Crippen LogP contribution in [0.3, 0.4) is 0 Å². The average Bonchev–Trinajstić information content (AvgIpc) is 1.72. The van der Waals surface area contributed by atoms with E-state index >= 15 is 0 Å². The lowest BCUT2D eigenvalue weighted by atomic mass is 9.78. The molecule has 1 fully saturated rings. The van der Waals surface area contributed by atoms with Gasteiger partial charge in [0, 0.05) is 69.9 Å². The molecule has 0 unspecified atom stereocenters. The summed E-state index contributed by atoms with van der Waals surface area (Å²) < 4.78 is 17.3. The largest absolute Gasteiger partial charge is 0.494 e. The minimum absolute atomic E-state index is 0.416. The Bertz CT molecular complexity index is 6190. The second-order valence-electron chi connectivity index (χ2n) is 26.5. The Balaban J connectivity index is 0.000000126. The Kier molecular flexibility index (Phi) is 17.5. The van der Waals surface area contributed by atoms with Crippen LogP contribution < -0.4 is 5.46 Å². The van der Waals surface area contributed by atoms with Crippen LogP contribution in [0.5, 0.6) is 0 Å². The first-order chi connectivity index (χ1) is 50.9. The van der Waals surface area contributed by atoms with Crippen LogP contribution in [0.2, 0.25) is 5.02 Å². The molecule has 498 valence electrons. The number of thiophene rings is 2. The van der Waals surface area contributed by atoms with Gasteiger partial charge in [0.25, 0.3) is 0 Å². The van der Waals surface area contributed by atoms with Crippen LogP contribution in [0.4, 0.5) is 0 Å². The van der Waals surface area contributed by atoms with Crippen LogP contribution in [0.1, 0.15) is 27.7 Å². The molecule has 18 aromatic rings. The molecule has 104 heavy (non-hydrogen) atoms. The van der Waals surface area contributed by atoms with Gasteiger partial charge in [-0.15, -0.1) is 22.7 Å². The van der Waals surface area contributed by atoms with Gasteiger partial charge in [-0.1, -0.05) is 297 Å². The molecule has 1 aliphatic heterocycles. The summed E-state index contributed by atoms with van der Waals surface area (Å²) in [6.45, 7) is 8.24. The monoisotopic (exact) mass is 1400 g/mol. The highest BCUT2D eigenvalue weighted by Crippen LogP contribution is 2.45. The van der Waals surface area contributed by atoms with Crippen LogP contribution in [-0.4, -0.2) is 58.2 Å². The van der Waals surface area contributed by atoms with E-state index in [2.05, 4.69) is 204 Å². The number of hydrogen-bond acceptors (Lipinski definition) is 12. The SMILES string of the molecule is CC1(C)OB(c2cccc(-c3nc(-c4ccccc4)nc(-c4ccc(-c5ccccc5)cc4)n3)c2)OC1(C)C.Clc1c2ccccc2nc2c1sc1ccccc12.c1ccc(-c2ccc(-c3nc(-c4ccccc4)nc(-c4cccc(-c5c6ccccc6nc6c5sc5ccccc56)c4)n3)cc2)cc1. The van der Waals surface area contributed by atoms with E-state index in [1.165, 1.54) is 41.6 Å². The predicted molar refractivity (Wildman–Crippen MR) is 432 cm³/mol. The third kappa shape index (κ3) is 13.0. The minimum atomic E-state index is -0.463. The lowest BCUT2D eigenvalue weighted by Crippen LogP contribution is -2.41. The smallest absolute Gasteiger partial charge is 0.399 e. The second-order valence-corrected chi connectivity index (χ2v) is 29.0. The van der Waals surface area contributed by atoms with Crippen molar-refractivity contribution in [2.24, 2.45) is 0 Å². The Hall–Kier alpha value is -11.8. The molecule has 12 aromatic carbocycles. The highest BCUT2D eigenvalue weighted by molar-refractivity contribution is 7.26. The van der Waals surface area contributed by atoms with Crippen molar-refractivity contribution in [3.63, 3.8) is 0 Å². The van der Waals surface area contributed by atoms with Crippen molar-refractivity contribution in [2.75, 3.05) is 0 Å². The zero-order valence-corrected chi connectivity index (χ0v) is 59.6. The van der Waals surface area contributed by atoms with Crippen molar-refractivity contribution in [1.29, 1.82) is 0 Å². The van der Waals surface area contributed by atoms with Crippen molar-refractivity contribution in [3.05, 3.63) is 320 Å². The van der Waals surface area contributed by atoms with Gasteiger partial charge in [0.2, 0.25) is 0 Å². The third-order valence-electron chi connectivity index (χ3n) is 19.3. The Morgan fingerprint density at radius 1 is 0.279 bits per heavy atom. The summed E-state index contributed by atoms with van der Waals surface area (Å²) in [6, 6.07) is 108. The highest BCUT2D eigenvalue weighted by Gasteiger charge is 2.51. The van der Waals surface area contributed by atoms with Crippen molar-refractivity contribution < 1.29 is 9.31 Å². The quantitative estimate of drug-likeness (QED) is 0.122. The van der Waals surface area contributed by atoms with Gasteiger partial charge in [0.15, 0.2) is 34.9 Å². The molecular weight excluding hydrogens is 1340 g/mol. The second kappa shape index (κ2) is 27.9. The van der Waals surface area contributed by atoms with Crippen molar-refractivity contribution >= 4 is 109 Å². The van der Waals surface area contributed by atoms with E-state index in [9.17, 15) is 0 Å². The first kappa shape index (κ1) is 65.5. The fraction of sp³-hybridized carbons (Fsp3) is 0.0667. The molecule has 6 aromatic heterocycles. The van der Waals surface area contributed by atoms with E-state index in [1.54, 1.807) is 22.7 Å². The number of rotatable bonds is 10. The Morgan fingerprint density at radius 3 is 1.08 bits per heavy atom. The van der Waals surface area contributed by atoms with Crippen LogP contribution in [0.25, 0.3) is 164 Å². The summed E-state index contributed by atoms with van der Waals surface area (Å²) in [7, 11) is -0.463. The highest BCUT2D eigenvalue weighted by atomic mass is 35.5. The summed E-state index contributed by atoms with van der Waals surface area (Å²) in [5, 5.41) is 5.34. The number of benzene rings is 12. The number of aromatic nitrogens is 8. The molecule has 0 atom stereocenters. The lowest BCUT2D eigenvalue weighted by molar-refractivity contribution is 0.00578. The minimum Gasteiger partial charge on any atom is -0.399 e. The van der Waals surface area contributed by atoms with Crippen molar-refractivity contribution in [2.45, 2.75) is 38.9 Å². The number of hydrogen-bond donors (Lipinski definition) is 0. The van der Waals surface area contributed by atoms with Crippen LogP contribution in [0.15, 0.2) is 315 Å². The van der Waals surface area contributed by atoms with Crippen molar-refractivity contribution in [1.82, 2.24) is 39.9 Å². The average molecular weight is 1400 g/mol. The van der Waals surface area contributed by atoms with E-state index in [1.807, 2.05) is 140 Å². The van der Waals surface area contributed by atoms with Gasteiger partial charge in [-0.2, -0.15) is 0 Å². The summed E-state index contributed by atoms with van der Waals surface area (Å²) in [6.07, 6.45) is 0. The normalized spacial score (nSPS) is 13.1. The first-order valence-corrected chi connectivity index (χ1v) is 36.5. The van der Waals surface area contributed by atoms with Gasteiger partial charge in [-0.05, 0) is 91.3 Å². The molecule has 0 aliphatic carbocycles. The standard InChI is InChI=1S/C42H26N4S.C33H30BN3O2.C15H8ClNS/c1-3-12-27(13-4-1)28-22-24-30(25-23-28)41-44-40(29-14-5-2-6-15-29)45-42(46-41)32-17-11-16-31(26-32)37-33-18-7-9-20-35(33)43-38-34-19-8-10-21-36(34)47-39(37)38;1-32(2)33(3,4)39-34(38-32)28-17-11-16-27(22-28)31-36-29(25-14-9-6-10-15-25)35-30(37-31)26-20-18-24(19-21-26)23-12-7-5-8-13-23;16-13-9-5-1-3-7-11(9)17-14-10-6-2-4-8-12(10)18-15(13)14/h1-26H;5-22H,1-4H3;1-8H. The van der Waals surface area contributed by atoms with Crippen LogP contribution in [0, 0.1) is 0 Å². The Labute approximate surface area is 615 Å². The summed E-state index contributed by atoms with van der Waals surface area (Å²) >= 11 is 10.0. The third-order valence-corrected chi connectivity index (χ3v) is 22.1. The van der Waals surface area contributed by atoms with Crippen molar-refractivity contribution in [3.8, 4) is 102 Å². The number of nitrogens with zero attached hydrogens (tertiary/aromatic N) is 8. The molecule has 10 nitrogen and oxygen atoms in total. The molecule has 19 rings (SSSR count). The maximum atomic E-state index is 6.52. The molecule has 0 radical (unpaired) electrons. The van der Waals surface area contributed by atoms with Crippen LogP contribution in [-0.2, 0) is 9.31 Å². The van der Waals surface area contributed by atoms with E-state index < -0.39 is 18.3 Å². The number of para-hydroxylation sites is 2. The zero-order valence-electron chi connectivity index (χ0n) is 57.2. The zero-order chi connectivity index (χ0) is 70.3. The molecule has 0 spiro atoms. The Morgan fingerprint density at radius 2 is 0.596 bits per heavy atom. The number of halogens is 1. The fourth-order valence-corrected chi connectivity index (χ4v) is 15.8. The van der Waals surface area contributed by atoms with Gasteiger partial charge >= 0.3 is 7.12 Å². The molecule has 1 saturated heterocycles. The lowest BCUT2D eigenvalue weighted by Gasteiger charge is -2.32. The number of fused-ring (bicyclic) bond motifs is 8. The maximum Gasteiger partial charge on any atom is 0.494 e. The number of pyridine rings is 2.